The number of nitrogens with zero attached hydrogens (tertiary/aromatic N) is 2. The summed E-state index contributed by atoms with van der Waals surface area (Å²) in [5, 5.41) is 3.15. The van der Waals surface area contributed by atoms with Gasteiger partial charge in [0.15, 0.2) is 0 Å². The lowest BCUT2D eigenvalue weighted by molar-refractivity contribution is -0.137. The SMILES string of the molecule is CCOC(=O)/C=C/c1ccc(-c2ccc(N3CCN(C)CC3)cc2NC(=O)c2ccc(C)cc2)cc1. The number of piperazine rings is 1. The van der Waals surface area contributed by atoms with Crippen LogP contribution in [0.4, 0.5) is 11.4 Å². The third kappa shape index (κ3) is 6.40. The molecule has 3 aromatic rings. The molecule has 0 atom stereocenters. The van der Waals surface area contributed by atoms with Gasteiger partial charge in [-0.3, -0.25) is 4.79 Å². The first-order valence-electron chi connectivity index (χ1n) is 12.3. The van der Waals surface area contributed by atoms with Crippen molar-refractivity contribution in [3.8, 4) is 11.1 Å². The number of aryl methyl sites for hydroxylation is 1. The fourth-order valence-corrected chi connectivity index (χ4v) is 4.18. The number of anilines is 2. The number of benzene rings is 3. The van der Waals surface area contributed by atoms with Crippen molar-refractivity contribution in [3.05, 3.63) is 89.5 Å². The van der Waals surface area contributed by atoms with Crippen LogP contribution in [0.15, 0.2) is 72.8 Å². The monoisotopic (exact) mass is 483 g/mol. The van der Waals surface area contributed by atoms with Crippen LogP contribution in [0.3, 0.4) is 0 Å². The molecule has 0 unspecified atom stereocenters. The summed E-state index contributed by atoms with van der Waals surface area (Å²) in [4.78, 5) is 29.4. The maximum Gasteiger partial charge on any atom is 0.330 e. The van der Waals surface area contributed by atoms with Gasteiger partial charge in [-0.05, 0) is 62.4 Å². The molecule has 1 heterocycles. The molecule has 4 rings (SSSR count). The molecule has 1 fully saturated rings. The molecule has 6 heteroatoms. The number of carbonyl (C=O) groups is 2. The molecule has 1 saturated heterocycles. The first kappa shape index (κ1) is 25.2. The van der Waals surface area contributed by atoms with Crippen molar-refractivity contribution in [1.29, 1.82) is 0 Å². The summed E-state index contributed by atoms with van der Waals surface area (Å²) in [6.45, 7) is 8.05. The average Bonchev–Trinajstić information content (AvgIpc) is 2.89. The van der Waals surface area contributed by atoms with E-state index in [1.165, 1.54) is 6.08 Å². The average molecular weight is 484 g/mol. The molecule has 36 heavy (non-hydrogen) atoms. The minimum atomic E-state index is -0.359. The van der Waals surface area contributed by atoms with E-state index in [1.807, 2.05) is 55.5 Å². The zero-order valence-corrected chi connectivity index (χ0v) is 21.2. The predicted molar refractivity (Wildman–Crippen MR) is 146 cm³/mol. The van der Waals surface area contributed by atoms with Gasteiger partial charge >= 0.3 is 5.97 Å². The summed E-state index contributed by atoms with van der Waals surface area (Å²) in [5.41, 5.74) is 6.41. The summed E-state index contributed by atoms with van der Waals surface area (Å²) in [6.07, 6.45) is 3.16. The third-order valence-electron chi connectivity index (χ3n) is 6.35. The van der Waals surface area contributed by atoms with Gasteiger partial charge in [0, 0.05) is 49.1 Å². The lowest BCUT2D eigenvalue weighted by Crippen LogP contribution is -2.44. The number of carbonyl (C=O) groups excluding carboxylic acids is 2. The van der Waals surface area contributed by atoms with Crippen LogP contribution in [-0.4, -0.2) is 56.6 Å². The second-order valence-electron chi connectivity index (χ2n) is 9.05. The van der Waals surface area contributed by atoms with E-state index in [9.17, 15) is 9.59 Å². The quantitative estimate of drug-likeness (QED) is 0.368. The fourth-order valence-electron chi connectivity index (χ4n) is 4.18. The molecule has 1 amide bonds. The molecule has 0 bridgehead atoms. The van der Waals surface area contributed by atoms with Crippen LogP contribution >= 0.6 is 0 Å². The van der Waals surface area contributed by atoms with Crippen LogP contribution in [0.25, 0.3) is 17.2 Å². The normalized spacial score (nSPS) is 14.1. The smallest absolute Gasteiger partial charge is 0.330 e. The molecule has 0 spiro atoms. The molecule has 1 N–H and O–H groups in total. The van der Waals surface area contributed by atoms with E-state index in [2.05, 4.69) is 40.4 Å². The third-order valence-corrected chi connectivity index (χ3v) is 6.35. The van der Waals surface area contributed by atoms with Crippen molar-refractivity contribution < 1.29 is 14.3 Å². The van der Waals surface area contributed by atoms with E-state index in [0.717, 1.165) is 59.8 Å². The minimum absolute atomic E-state index is 0.138. The lowest BCUT2D eigenvalue weighted by Gasteiger charge is -2.34. The lowest BCUT2D eigenvalue weighted by atomic mass is 10.0. The first-order chi connectivity index (χ1) is 17.4. The molecule has 3 aromatic carbocycles. The maximum absolute atomic E-state index is 13.1. The highest BCUT2D eigenvalue weighted by Crippen LogP contribution is 2.33. The molecule has 1 aliphatic rings. The fraction of sp³-hybridized carbons (Fsp3) is 0.267. The Morgan fingerprint density at radius 1 is 0.944 bits per heavy atom. The molecular weight excluding hydrogens is 450 g/mol. The van der Waals surface area contributed by atoms with Crippen molar-refractivity contribution in [2.24, 2.45) is 0 Å². The van der Waals surface area contributed by atoms with E-state index >= 15 is 0 Å². The van der Waals surface area contributed by atoms with Gasteiger partial charge in [-0.1, -0.05) is 48.0 Å². The van der Waals surface area contributed by atoms with Gasteiger partial charge in [0.25, 0.3) is 5.91 Å². The van der Waals surface area contributed by atoms with Crippen molar-refractivity contribution >= 4 is 29.3 Å². The highest BCUT2D eigenvalue weighted by Gasteiger charge is 2.17. The van der Waals surface area contributed by atoms with E-state index in [0.29, 0.717) is 12.2 Å². The molecule has 1 aliphatic heterocycles. The Morgan fingerprint density at radius 3 is 2.31 bits per heavy atom. The predicted octanol–water partition coefficient (Wildman–Crippen LogP) is 5.24. The van der Waals surface area contributed by atoms with E-state index in [-0.39, 0.29) is 11.9 Å². The van der Waals surface area contributed by atoms with Gasteiger partial charge < -0.3 is 19.9 Å². The number of hydrogen-bond acceptors (Lipinski definition) is 5. The summed E-state index contributed by atoms with van der Waals surface area (Å²) < 4.78 is 4.95. The molecule has 186 valence electrons. The number of likely N-dealkylation sites (N-methyl/N-ethyl adjacent to an activating group) is 1. The minimum Gasteiger partial charge on any atom is -0.463 e. The zero-order chi connectivity index (χ0) is 25.5. The van der Waals surface area contributed by atoms with E-state index in [4.69, 9.17) is 4.74 Å². The van der Waals surface area contributed by atoms with Gasteiger partial charge in [0.2, 0.25) is 0 Å². The number of hydrogen-bond donors (Lipinski definition) is 1. The van der Waals surface area contributed by atoms with Crippen LogP contribution < -0.4 is 10.2 Å². The Morgan fingerprint density at radius 2 is 1.64 bits per heavy atom. The number of nitrogens with one attached hydrogen (secondary N) is 1. The van der Waals surface area contributed by atoms with Gasteiger partial charge in [-0.25, -0.2) is 4.79 Å². The summed E-state index contributed by atoms with van der Waals surface area (Å²) in [6, 6.07) is 21.7. The molecule has 0 radical (unpaired) electrons. The zero-order valence-electron chi connectivity index (χ0n) is 21.2. The van der Waals surface area contributed by atoms with Crippen LogP contribution in [0.1, 0.15) is 28.4 Å². The topological polar surface area (TPSA) is 61.9 Å². The Hall–Kier alpha value is -3.90. The van der Waals surface area contributed by atoms with Gasteiger partial charge in [0.05, 0.1) is 12.3 Å². The number of rotatable bonds is 7. The van der Waals surface area contributed by atoms with Gasteiger partial charge in [0.1, 0.15) is 0 Å². The van der Waals surface area contributed by atoms with Gasteiger partial charge in [-0.2, -0.15) is 0 Å². The van der Waals surface area contributed by atoms with Crippen LogP contribution in [0.2, 0.25) is 0 Å². The number of amides is 1. The van der Waals surface area contributed by atoms with E-state index < -0.39 is 0 Å². The molecular formula is C30H33N3O3. The Balaban J connectivity index is 1.62. The number of ether oxygens (including phenoxy) is 1. The van der Waals surface area contributed by atoms with Crippen molar-refractivity contribution in [1.82, 2.24) is 4.90 Å². The standard InChI is InChI=1S/C30H33N3O3/c1-4-36-29(34)16-9-23-7-12-24(13-8-23)27-15-14-26(33-19-17-32(3)18-20-33)21-28(27)31-30(35)25-10-5-22(2)6-11-25/h5-16,21H,4,17-20H2,1-3H3,(H,31,35)/b16-9+. The maximum atomic E-state index is 13.1. The second-order valence-corrected chi connectivity index (χ2v) is 9.05. The van der Waals surface area contributed by atoms with Gasteiger partial charge in [-0.15, -0.1) is 0 Å². The largest absolute Gasteiger partial charge is 0.463 e. The Labute approximate surface area is 213 Å². The highest BCUT2D eigenvalue weighted by atomic mass is 16.5. The number of esters is 1. The molecule has 0 aliphatic carbocycles. The second kappa shape index (κ2) is 11.7. The van der Waals surface area contributed by atoms with Crippen LogP contribution in [0.5, 0.6) is 0 Å². The molecule has 0 aromatic heterocycles. The summed E-state index contributed by atoms with van der Waals surface area (Å²) in [5.74, 6) is -0.497. The van der Waals surface area contributed by atoms with Crippen LogP contribution in [-0.2, 0) is 9.53 Å². The molecule has 6 nitrogen and oxygen atoms in total. The Kier molecular flexibility index (Phi) is 8.18. The summed E-state index contributed by atoms with van der Waals surface area (Å²) >= 11 is 0. The van der Waals surface area contributed by atoms with Crippen LogP contribution in [0, 0.1) is 6.92 Å². The molecule has 0 saturated carbocycles. The van der Waals surface area contributed by atoms with Crippen molar-refractivity contribution in [3.63, 3.8) is 0 Å². The van der Waals surface area contributed by atoms with Crippen molar-refractivity contribution in [2.45, 2.75) is 13.8 Å². The highest BCUT2D eigenvalue weighted by molar-refractivity contribution is 6.06. The van der Waals surface area contributed by atoms with Crippen molar-refractivity contribution in [2.75, 3.05) is 50.1 Å². The van der Waals surface area contributed by atoms with E-state index in [1.54, 1.807) is 13.0 Å². The Bertz CT molecular complexity index is 1230. The summed E-state index contributed by atoms with van der Waals surface area (Å²) in [7, 11) is 2.14. The first-order valence-corrected chi connectivity index (χ1v) is 12.3.